The fourth-order valence-corrected chi connectivity index (χ4v) is 3.68. The molecule has 1 amide bonds. The number of aliphatic hydroxyl groups excluding tert-OH is 1. The topological polar surface area (TPSA) is 91.5 Å². The lowest BCUT2D eigenvalue weighted by Gasteiger charge is -2.40. The summed E-state index contributed by atoms with van der Waals surface area (Å²) >= 11 is 1.35. The molecule has 0 unspecified atom stereocenters. The molecule has 20 heavy (non-hydrogen) atoms. The van der Waals surface area contributed by atoms with Gasteiger partial charge in [-0.05, 0) is 32.1 Å². The van der Waals surface area contributed by atoms with Gasteiger partial charge < -0.3 is 21.1 Å². The zero-order valence-electron chi connectivity index (χ0n) is 11.4. The first-order chi connectivity index (χ1) is 9.63. The van der Waals surface area contributed by atoms with Gasteiger partial charge >= 0.3 is 0 Å². The molecule has 4 N–H and O–H groups in total. The van der Waals surface area contributed by atoms with Crippen LogP contribution < -0.4 is 16.0 Å². The fourth-order valence-electron chi connectivity index (χ4n) is 2.75. The van der Waals surface area contributed by atoms with Crippen LogP contribution in [0.3, 0.4) is 0 Å². The largest absolute Gasteiger partial charge is 0.394 e. The highest BCUT2D eigenvalue weighted by Crippen LogP contribution is 2.34. The summed E-state index contributed by atoms with van der Waals surface area (Å²) in [6.07, 6.45) is 5.02. The molecule has 1 aliphatic heterocycles. The number of carbonyl (C=O) groups excluding carboxylic acids is 1. The number of amides is 1. The highest BCUT2D eigenvalue weighted by atomic mass is 32.1. The smallest absolute Gasteiger partial charge is 0.265 e. The summed E-state index contributed by atoms with van der Waals surface area (Å²) in [6.45, 7) is 1.94. The van der Waals surface area contributed by atoms with Gasteiger partial charge in [0.2, 0.25) is 0 Å². The highest BCUT2D eigenvalue weighted by Gasteiger charge is 2.38. The zero-order valence-corrected chi connectivity index (χ0v) is 12.2. The van der Waals surface area contributed by atoms with Crippen molar-refractivity contribution in [3.63, 3.8) is 0 Å². The molecule has 1 aromatic heterocycles. The van der Waals surface area contributed by atoms with E-state index < -0.39 is 5.54 Å². The number of nitrogens with one attached hydrogen (secondary N) is 1. The van der Waals surface area contributed by atoms with Gasteiger partial charge in [0.15, 0.2) is 5.13 Å². The molecule has 0 spiro atoms. The monoisotopic (exact) mass is 296 g/mol. The van der Waals surface area contributed by atoms with Gasteiger partial charge in [0.1, 0.15) is 10.7 Å². The lowest BCUT2D eigenvalue weighted by molar-refractivity contribution is 0.0645. The summed E-state index contributed by atoms with van der Waals surface area (Å²) in [6, 6.07) is 0. The zero-order chi connectivity index (χ0) is 14.2. The Morgan fingerprint density at radius 2 is 2.10 bits per heavy atom. The Bertz CT molecular complexity index is 501. The van der Waals surface area contributed by atoms with Crippen LogP contribution >= 0.6 is 11.3 Å². The van der Waals surface area contributed by atoms with Crippen molar-refractivity contribution in [3.05, 3.63) is 4.88 Å². The summed E-state index contributed by atoms with van der Waals surface area (Å²) in [7, 11) is 0. The Labute approximate surface area is 122 Å². The molecule has 0 atom stereocenters. The van der Waals surface area contributed by atoms with Crippen molar-refractivity contribution in [1.29, 1.82) is 0 Å². The third-order valence-electron chi connectivity index (χ3n) is 4.22. The summed E-state index contributed by atoms with van der Waals surface area (Å²) in [5, 5.41) is 13.2. The molecule has 2 aliphatic rings. The second-order valence-electron chi connectivity index (χ2n) is 5.65. The Morgan fingerprint density at radius 1 is 1.40 bits per heavy atom. The van der Waals surface area contributed by atoms with Crippen molar-refractivity contribution in [1.82, 2.24) is 10.3 Å². The summed E-state index contributed by atoms with van der Waals surface area (Å²) < 4.78 is 0. The molecule has 2 heterocycles. The van der Waals surface area contributed by atoms with E-state index in [2.05, 4.69) is 15.2 Å². The molecule has 0 radical (unpaired) electrons. The molecule has 1 saturated heterocycles. The number of aliphatic hydroxyl groups is 1. The molecule has 6 nitrogen and oxygen atoms in total. The molecule has 1 saturated carbocycles. The van der Waals surface area contributed by atoms with Crippen LogP contribution in [0.4, 0.5) is 10.9 Å². The van der Waals surface area contributed by atoms with E-state index in [1.54, 1.807) is 0 Å². The van der Waals surface area contributed by atoms with E-state index in [4.69, 9.17) is 5.73 Å². The molecule has 0 aromatic carbocycles. The van der Waals surface area contributed by atoms with Gasteiger partial charge in [-0.25, -0.2) is 4.98 Å². The van der Waals surface area contributed by atoms with Crippen LogP contribution in [0.2, 0.25) is 0 Å². The molecule has 3 rings (SSSR count). The molecule has 1 aromatic rings. The normalized spacial score (nSPS) is 20.8. The predicted molar refractivity (Wildman–Crippen MR) is 79.1 cm³/mol. The fraction of sp³-hybridized carbons (Fsp3) is 0.692. The van der Waals surface area contributed by atoms with Gasteiger partial charge in [-0.15, -0.1) is 0 Å². The van der Waals surface area contributed by atoms with Crippen molar-refractivity contribution in [2.45, 2.75) is 37.6 Å². The number of nitrogen functional groups attached to an aromatic ring is 1. The molecular weight excluding hydrogens is 276 g/mol. The van der Waals surface area contributed by atoms with E-state index >= 15 is 0 Å². The van der Waals surface area contributed by atoms with Crippen LogP contribution in [-0.2, 0) is 0 Å². The third-order valence-corrected chi connectivity index (χ3v) is 5.35. The van der Waals surface area contributed by atoms with Crippen LogP contribution in [0.5, 0.6) is 0 Å². The lowest BCUT2D eigenvalue weighted by Crippen LogP contribution is -2.56. The minimum Gasteiger partial charge on any atom is -0.394 e. The molecule has 1 aliphatic carbocycles. The van der Waals surface area contributed by atoms with Crippen molar-refractivity contribution in [2.75, 3.05) is 30.3 Å². The number of carbonyl (C=O) groups is 1. The van der Waals surface area contributed by atoms with Gasteiger partial charge in [0, 0.05) is 13.1 Å². The van der Waals surface area contributed by atoms with Crippen LogP contribution in [0, 0.1) is 0 Å². The Kier molecular flexibility index (Phi) is 3.55. The van der Waals surface area contributed by atoms with Crippen molar-refractivity contribution >= 4 is 28.2 Å². The second-order valence-corrected chi connectivity index (χ2v) is 6.63. The van der Waals surface area contributed by atoms with E-state index in [0.717, 1.165) is 50.3 Å². The highest BCUT2D eigenvalue weighted by molar-refractivity contribution is 7.18. The van der Waals surface area contributed by atoms with Gasteiger partial charge in [-0.3, -0.25) is 4.79 Å². The minimum absolute atomic E-state index is 0.0174. The first-order valence-corrected chi connectivity index (χ1v) is 7.90. The molecular formula is C13H20N4O2S. The second kappa shape index (κ2) is 5.21. The van der Waals surface area contributed by atoms with E-state index in [1.165, 1.54) is 11.3 Å². The SMILES string of the molecule is Nc1nc(N2CCCC2)sc1C(=O)NC1(CO)CCC1. The predicted octanol–water partition coefficient (Wildman–Crippen LogP) is 0.970. The summed E-state index contributed by atoms with van der Waals surface area (Å²) in [4.78, 5) is 19.3. The molecule has 7 heteroatoms. The third kappa shape index (κ3) is 2.35. The van der Waals surface area contributed by atoms with E-state index in [-0.39, 0.29) is 12.5 Å². The molecule has 2 fully saturated rings. The maximum atomic E-state index is 12.3. The van der Waals surface area contributed by atoms with Gasteiger partial charge in [-0.2, -0.15) is 0 Å². The maximum Gasteiger partial charge on any atom is 0.265 e. The van der Waals surface area contributed by atoms with Gasteiger partial charge in [0.25, 0.3) is 5.91 Å². The van der Waals surface area contributed by atoms with Crippen LogP contribution in [0.25, 0.3) is 0 Å². The maximum absolute atomic E-state index is 12.3. The lowest BCUT2D eigenvalue weighted by atomic mass is 9.77. The van der Waals surface area contributed by atoms with Crippen LogP contribution in [0.15, 0.2) is 0 Å². The van der Waals surface area contributed by atoms with E-state index in [1.807, 2.05) is 0 Å². The average Bonchev–Trinajstić information content (AvgIpc) is 3.02. The van der Waals surface area contributed by atoms with Crippen LogP contribution in [-0.4, -0.2) is 41.2 Å². The Hall–Kier alpha value is -1.34. The number of nitrogens with zero attached hydrogens (tertiary/aromatic N) is 2. The number of nitrogens with two attached hydrogens (primary N) is 1. The Balaban J connectivity index is 1.74. The van der Waals surface area contributed by atoms with Crippen LogP contribution in [0.1, 0.15) is 41.8 Å². The van der Waals surface area contributed by atoms with Crippen molar-refractivity contribution < 1.29 is 9.90 Å². The quantitative estimate of drug-likeness (QED) is 0.770. The number of rotatable bonds is 4. The summed E-state index contributed by atoms with van der Waals surface area (Å²) in [5.41, 5.74) is 5.44. The standard InChI is InChI=1S/C13H20N4O2S/c14-10-9(11(19)16-13(8-18)4-3-5-13)20-12(15-10)17-6-1-2-7-17/h18H,1-8,14H2,(H,16,19). The molecule has 110 valence electrons. The van der Waals surface area contributed by atoms with Gasteiger partial charge in [0.05, 0.1) is 12.1 Å². The van der Waals surface area contributed by atoms with Gasteiger partial charge in [-0.1, -0.05) is 11.3 Å². The van der Waals surface area contributed by atoms with Crippen molar-refractivity contribution in [2.24, 2.45) is 0 Å². The number of thiazole rings is 1. The molecule has 0 bridgehead atoms. The number of hydrogen-bond donors (Lipinski definition) is 3. The first kappa shape index (κ1) is 13.6. The van der Waals surface area contributed by atoms with E-state index in [0.29, 0.717) is 10.7 Å². The average molecular weight is 296 g/mol. The Morgan fingerprint density at radius 3 is 2.65 bits per heavy atom. The first-order valence-electron chi connectivity index (χ1n) is 7.08. The van der Waals surface area contributed by atoms with Crippen molar-refractivity contribution in [3.8, 4) is 0 Å². The number of anilines is 2. The minimum atomic E-state index is -0.443. The number of aromatic nitrogens is 1. The summed E-state index contributed by atoms with van der Waals surface area (Å²) in [5.74, 6) is 0.0843. The number of hydrogen-bond acceptors (Lipinski definition) is 6. The van der Waals surface area contributed by atoms with E-state index in [9.17, 15) is 9.90 Å².